The number of hydrogen-bond donors (Lipinski definition) is 1. The minimum absolute atomic E-state index is 0.0775. The molecule has 1 spiro atoms. The number of nitro groups is 1. The van der Waals surface area contributed by atoms with Crippen LogP contribution in [0, 0.1) is 17.0 Å². The molecular weight excluding hydrogens is 350 g/mol. The zero-order valence-corrected chi connectivity index (χ0v) is 14.3. The molecule has 1 N–H and O–H groups in total. The van der Waals surface area contributed by atoms with Gasteiger partial charge < -0.3 is 0 Å². The molecule has 8 nitrogen and oxygen atoms in total. The molecule has 8 heteroatoms. The minimum atomic E-state index is -1.46. The fraction of sp³-hybridized carbons (Fsp3) is 0.158. The van der Waals surface area contributed by atoms with Crippen LogP contribution in [-0.2, 0) is 14.4 Å². The number of rotatable bonds is 3. The van der Waals surface area contributed by atoms with Crippen molar-refractivity contribution in [3.05, 3.63) is 75.8 Å². The average molecular weight is 365 g/mol. The third-order valence-corrected chi connectivity index (χ3v) is 4.61. The van der Waals surface area contributed by atoms with E-state index < -0.39 is 16.4 Å². The zero-order chi connectivity index (χ0) is 19.2. The summed E-state index contributed by atoms with van der Waals surface area (Å²) >= 11 is 0. The third-order valence-electron chi connectivity index (χ3n) is 4.61. The van der Waals surface area contributed by atoms with Crippen molar-refractivity contribution < 1.29 is 19.3 Å². The first-order valence-corrected chi connectivity index (χ1v) is 8.25. The quantitative estimate of drug-likeness (QED) is 0.509. The predicted molar refractivity (Wildman–Crippen MR) is 96.3 cm³/mol. The number of carbonyl (C=O) groups excluding carboxylic acids is 2. The number of amides is 2. The van der Waals surface area contributed by atoms with Crippen molar-refractivity contribution in [2.45, 2.75) is 18.9 Å². The number of nitrogens with one attached hydrogen (secondary N) is 1. The maximum absolute atomic E-state index is 13.0. The number of non-ortho nitro benzene ring substituents is 1. The highest BCUT2D eigenvalue weighted by Crippen LogP contribution is 2.38. The van der Waals surface area contributed by atoms with E-state index >= 15 is 0 Å². The Balaban J connectivity index is 1.68. The highest BCUT2D eigenvalue weighted by molar-refractivity contribution is 6.25. The molecule has 1 fully saturated rings. The zero-order valence-electron chi connectivity index (χ0n) is 14.3. The Morgan fingerprint density at radius 3 is 2.63 bits per heavy atom. The Morgan fingerprint density at radius 1 is 1.19 bits per heavy atom. The Bertz CT molecular complexity index is 999. The van der Waals surface area contributed by atoms with Gasteiger partial charge >= 0.3 is 0 Å². The first kappa shape index (κ1) is 16.9. The highest BCUT2D eigenvalue weighted by Gasteiger charge is 2.55. The Kier molecular flexibility index (Phi) is 3.78. The Labute approximate surface area is 154 Å². The molecule has 2 heterocycles. The lowest BCUT2D eigenvalue weighted by Gasteiger charge is -2.18. The number of hydroxylamine groups is 1. The summed E-state index contributed by atoms with van der Waals surface area (Å²) in [6, 6.07) is 13.0. The summed E-state index contributed by atoms with van der Waals surface area (Å²) in [5.74, 6) is -0.869. The molecule has 2 aliphatic heterocycles. The van der Waals surface area contributed by atoms with Gasteiger partial charge in [-0.2, -0.15) is 0 Å². The number of anilines is 1. The molecular formula is C19H15N3O5. The standard InChI is InChI=1S/C19H15N3O5/c1-12-5-7-14(8-6-12)21-17(23)11-19(18(21)24)10-16(20-27-19)13-3-2-4-15(9-13)22(25)26/h2-10,20H,11H2,1H3/t19-/m1/s1. The number of aryl methyl sites for hydroxylation is 1. The van der Waals surface area contributed by atoms with Gasteiger partial charge in [0.05, 0.1) is 22.7 Å². The van der Waals surface area contributed by atoms with Gasteiger partial charge in [0, 0.05) is 17.7 Å². The molecule has 27 heavy (non-hydrogen) atoms. The molecule has 136 valence electrons. The maximum Gasteiger partial charge on any atom is 0.273 e. The number of nitrogens with zero attached hydrogens (tertiary/aromatic N) is 2. The smallest absolute Gasteiger partial charge is 0.273 e. The van der Waals surface area contributed by atoms with Crippen LogP contribution in [0.5, 0.6) is 0 Å². The Morgan fingerprint density at radius 2 is 1.93 bits per heavy atom. The third kappa shape index (κ3) is 2.76. The minimum Gasteiger partial charge on any atom is -0.274 e. The van der Waals surface area contributed by atoms with Crippen LogP contribution in [0.2, 0.25) is 0 Å². The lowest BCUT2D eigenvalue weighted by Crippen LogP contribution is -2.40. The molecule has 2 amide bonds. The highest BCUT2D eigenvalue weighted by atomic mass is 16.7. The number of carbonyl (C=O) groups is 2. The molecule has 4 rings (SSSR count). The summed E-state index contributed by atoms with van der Waals surface area (Å²) < 4.78 is 0. The van der Waals surface area contributed by atoms with Gasteiger partial charge in [0.15, 0.2) is 0 Å². The van der Waals surface area contributed by atoms with Crippen molar-refractivity contribution in [2.24, 2.45) is 0 Å². The number of nitro benzene ring substituents is 1. The lowest BCUT2D eigenvalue weighted by molar-refractivity contribution is -0.384. The van der Waals surface area contributed by atoms with Crippen LogP contribution in [0.25, 0.3) is 5.70 Å². The lowest BCUT2D eigenvalue weighted by atomic mass is 9.99. The van der Waals surface area contributed by atoms with Crippen LogP contribution in [0.1, 0.15) is 17.5 Å². The molecule has 2 aromatic carbocycles. The second-order valence-corrected chi connectivity index (χ2v) is 6.51. The van der Waals surface area contributed by atoms with Crippen molar-refractivity contribution >= 4 is 28.9 Å². The molecule has 1 atom stereocenters. The van der Waals surface area contributed by atoms with Crippen LogP contribution >= 0.6 is 0 Å². The summed E-state index contributed by atoms with van der Waals surface area (Å²) in [5.41, 5.74) is 3.51. The van der Waals surface area contributed by atoms with Crippen LogP contribution in [0.4, 0.5) is 11.4 Å². The van der Waals surface area contributed by atoms with Crippen molar-refractivity contribution in [1.82, 2.24) is 5.48 Å². The molecule has 0 aliphatic carbocycles. The molecule has 0 aromatic heterocycles. The van der Waals surface area contributed by atoms with Gasteiger partial charge in [-0.1, -0.05) is 29.8 Å². The molecule has 1 saturated heterocycles. The molecule has 0 unspecified atom stereocenters. The Hall–Kier alpha value is -3.52. The molecule has 2 aliphatic rings. The van der Waals surface area contributed by atoms with Crippen molar-refractivity contribution in [3.63, 3.8) is 0 Å². The predicted octanol–water partition coefficient (Wildman–Crippen LogP) is 2.48. The summed E-state index contributed by atoms with van der Waals surface area (Å²) in [6.45, 7) is 1.91. The fourth-order valence-corrected chi connectivity index (χ4v) is 3.20. The SMILES string of the molecule is Cc1ccc(N2C(=O)C[C@]3(C=C(c4cccc([N+](=O)[O-])c4)NO3)C2=O)cc1. The molecule has 0 saturated carbocycles. The molecule has 0 bridgehead atoms. The van der Waals surface area contributed by atoms with Crippen LogP contribution in [-0.4, -0.2) is 22.3 Å². The van der Waals surface area contributed by atoms with E-state index in [9.17, 15) is 19.7 Å². The van der Waals surface area contributed by atoms with Gasteiger partial charge in [0.2, 0.25) is 11.5 Å². The van der Waals surface area contributed by atoms with Gasteiger partial charge in [-0.15, -0.1) is 0 Å². The number of benzene rings is 2. The van der Waals surface area contributed by atoms with E-state index in [1.807, 2.05) is 19.1 Å². The van der Waals surface area contributed by atoms with Crippen molar-refractivity contribution in [3.8, 4) is 0 Å². The van der Waals surface area contributed by atoms with E-state index in [1.54, 1.807) is 24.3 Å². The van der Waals surface area contributed by atoms with Gasteiger partial charge in [0.25, 0.3) is 11.6 Å². The van der Waals surface area contributed by atoms with Crippen molar-refractivity contribution in [2.75, 3.05) is 4.90 Å². The normalized spacial score (nSPS) is 21.5. The van der Waals surface area contributed by atoms with Crippen LogP contribution in [0.15, 0.2) is 54.6 Å². The number of imide groups is 1. The molecule has 2 aromatic rings. The summed E-state index contributed by atoms with van der Waals surface area (Å²) in [7, 11) is 0. The maximum atomic E-state index is 13.0. The number of hydrogen-bond acceptors (Lipinski definition) is 6. The van der Waals surface area contributed by atoms with Gasteiger partial charge in [0.1, 0.15) is 0 Å². The van der Waals surface area contributed by atoms with Gasteiger partial charge in [-0.3, -0.25) is 30.0 Å². The second-order valence-electron chi connectivity index (χ2n) is 6.51. The topological polar surface area (TPSA) is 102 Å². The van der Waals surface area contributed by atoms with Crippen LogP contribution < -0.4 is 10.4 Å². The molecule has 0 radical (unpaired) electrons. The van der Waals surface area contributed by atoms with Gasteiger partial charge in [-0.25, -0.2) is 4.90 Å². The second kappa shape index (κ2) is 6.03. The average Bonchev–Trinajstić information content (AvgIpc) is 3.18. The summed E-state index contributed by atoms with van der Waals surface area (Å²) in [4.78, 5) is 42.5. The summed E-state index contributed by atoms with van der Waals surface area (Å²) in [6.07, 6.45) is 1.37. The van der Waals surface area contributed by atoms with E-state index in [2.05, 4.69) is 5.48 Å². The van der Waals surface area contributed by atoms with E-state index in [-0.39, 0.29) is 18.0 Å². The van der Waals surface area contributed by atoms with Crippen LogP contribution in [0.3, 0.4) is 0 Å². The van der Waals surface area contributed by atoms with Crippen molar-refractivity contribution in [1.29, 1.82) is 0 Å². The first-order valence-electron chi connectivity index (χ1n) is 8.25. The summed E-state index contributed by atoms with van der Waals surface area (Å²) in [5, 5.41) is 11.0. The van der Waals surface area contributed by atoms with E-state index in [0.29, 0.717) is 16.9 Å². The monoisotopic (exact) mass is 365 g/mol. The largest absolute Gasteiger partial charge is 0.274 e. The van der Waals surface area contributed by atoms with E-state index in [0.717, 1.165) is 10.5 Å². The van der Waals surface area contributed by atoms with E-state index in [4.69, 9.17) is 4.84 Å². The van der Waals surface area contributed by atoms with E-state index in [1.165, 1.54) is 18.2 Å². The fourth-order valence-electron chi connectivity index (χ4n) is 3.20. The first-order chi connectivity index (χ1) is 12.9. The van der Waals surface area contributed by atoms with Gasteiger partial charge in [-0.05, 0) is 25.1 Å².